The molecule has 5 nitrogen and oxygen atoms in total. The monoisotopic (exact) mass is 298 g/mol. The molecule has 122 valence electrons. The molecule has 5 heteroatoms. The maximum atomic E-state index is 12.6. The van der Waals surface area contributed by atoms with Crippen LogP contribution in [0.4, 0.5) is 0 Å². The quantitative estimate of drug-likeness (QED) is 0.720. The van der Waals surface area contributed by atoms with Crippen molar-refractivity contribution in [1.29, 1.82) is 0 Å². The maximum Gasteiger partial charge on any atom is 0.327 e. The lowest BCUT2D eigenvalue weighted by Gasteiger charge is -2.42. The summed E-state index contributed by atoms with van der Waals surface area (Å²) in [6.07, 6.45) is 2.66. The van der Waals surface area contributed by atoms with Crippen LogP contribution in [0.3, 0.4) is 0 Å². The number of esters is 1. The molecule has 2 rings (SSSR count). The summed E-state index contributed by atoms with van der Waals surface area (Å²) < 4.78 is 11.2. The van der Waals surface area contributed by atoms with Gasteiger partial charge in [-0.25, -0.2) is 4.79 Å². The number of nitrogens with one attached hydrogen (secondary N) is 1. The Morgan fingerprint density at radius 2 is 1.90 bits per heavy atom. The zero-order valence-electron chi connectivity index (χ0n) is 13.9. The van der Waals surface area contributed by atoms with E-state index in [1.165, 1.54) is 0 Å². The molecule has 1 saturated carbocycles. The third kappa shape index (κ3) is 3.96. The fraction of sp³-hybridized carbons (Fsp3) is 0.938. The smallest absolute Gasteiger partial charge is 0.327 e. The average molecular weight is 298 g/mol. The van der Waals surface area contributed by atoms with Crippen molar-refractivity contribution in [3.8, 4) is 0 Å². The molecule has 2 fully saturated rings. The molecule has 1 N–H and O–H groups in total. The Kier molecular flexibility index (Phi) is 5.63. The van der Waals surface area contributed by atoms with E-state index >= 15 is 0 Å². The van der Waals surface area contributed by atoms with Gasteiger partial charge in [-0.2, -0.15) is 0 Å². The summed E-state index contributed by atoms with van der Waals surface area (Å²) in [6.45, 7) is 11.8. The summed E-state index contributed by atoms with van der Waals surface area (Å²) in [5, 5.41) is 3.46. The third-order valence-electron chi connectivity index (χ3n) is 4.37. The second-order valence-electron chi connectivity index (χ2n) is 6.45. The largest absolute Gasteiger partial charge is 0.465 e. The zero-order valence-corrected chi connectivity index (χ0v) is 13.9. The first kappa shape index (κ1) is 16.7. The Bertz CT molecular complexity index is 349. The fourth-order valence-corrected chi connectivity index (χ4v) is 3.55. The van der Waals surface area contributed by atoms with Crippen molar-refractivity contribution in [3.63, 3.8) is 0 Å². The molecule has 1 aliphatic carbocycles. The molecule has 0 radical (unpaired) electrons. The highest BCUT2D eigenvalue weighted by Gasteiger charge is 2.52. The number of hydrogen-bond donors (Lipinski definition) is 1. The maximum absolute atomic E-state index is 12.6. The summed E-state index contributed by atoms with van der Waals surface area (Å²) in [4.78, 5) is 15.0. The molecule has 1 heterocycles. The van der Waals surface area contributed by atoms with Gasteiger partial charge in [0.1, 0.15) is 5.54 Å². The number of morpholine rings is 1. The SMILES string of the molecule is CCNC(CN1C[C@@H](C)O[C@@H](C)C1)(C(=O)OCC)C1CC1. The third-order valence-corrected chi connectivity index (χ3v) is 4.37. The van der Waals surface area contributed by atoms with Crippen molar-refractivity contribution < 1.29 is 14.3 Å². The van der Waals surface area contributed by atoms with Crippen LogP contribution in [-0.2, 0) is 14.3 Å². The molecule has 0 spiro atoms. The summed E-state index contributed by atoms with van der Waals surface area (Å²) in [5.74, 6) is 0.325. The van der Waals surface area contributed by atoms with Gasteiger partial charge in [-0.15, -0.1) is 0 Å². The molecule has 0 aromatic carbocycles. The number of rotatable bonds is 7. The van der Waals surface area contributed by atoms with Gasteiger partial charge < -0.3 is 14.8 Å². The normalized spacial score (nSPS) is 29.9. The molecule has 3 atom stereocenters. The van der Waals surface area contributed by atoms with Gasteiger partial charge in [-0.1, -0.05) is 6.92 Å². The molecule has 0 aromatic rings. The minimum absolute atomic E-state index is 0.0823. The van der Waals surface area contributed by atoms with Crippen molar-refractivity contribution in [2.75, 3.05) is 32.8 Å². The van der Waals surface area contributed by atoms with Crippen molar-refractivity contribution in [1.82, 2.24) is 10.2 Å². The predicted molar refractivity (Wildman–Crippen MR) is 82.2 cm³/mol. The Hall–Kier alpha value is -0.650. The first-order chi connectivity index (χ1) is 10.0. The molecule has 21 heavy (non-hydrogen) atoms. The van der Waals surface area contributed by atoms with Gasteiger partial charge in [0, 0.05) is 19.6 Å². The van der Waals surface area contributed by atoms with Crippen LogP contribution in [0.1, 0.15) is 40.5 Å². The molecule has 1 aliphatic heterocycles. The second-order valence-corrected chi connectivity index (χ2v) is 6.45. The summed E-state index contributed by atoms with van der Waals surface area (Å²) in [6, 6.07) is 0. The molecule has 0 bridgehead atoms. The minimum atomic E-state index is -0.540. The van der Waals surface area contributed by atoms with Crippen molar-refractivity contribution in [2.45, 2.75) is 58.3 Å². The molecule has 1 unspecified atom stereocenters. The van der Waals surface area contributed by atoms with E-state index in [0.29, 0.717) is 12.5 Å². The van der Waals surface area contributed by atoms with Gasteiger partial charge in [0.2, 0.25) is 0 Å². The van der Waals surface area contributed by atoms with E-state index in [0.717, 1.165) is 39.0 Å². The minimum Gasteiger partial charge on any atom is -0.465 e. The van der Waals surface area contributed by atoms with E-state index in [-0.39, 0.29) is 18.2 Å². The van der Waals surface area contributed by atoms with Gasteiger partial charge in [0.25, 0.3) is 0 Å². The van der Waals surface area contributed by atoms with Crippen LogP contribution in [0.5, 0.6) is 0 Å². The Morgan fingerprint density at radius 3 is 2.38 bits per heavy atom. The van der Waals surface area contributed by atoms with E-state index in [4.69, 9.17) is 9.47 Å². The lowest BCUT2D eigenvalue weighted by molar-refractivity contribution is -0.155. The van der Waals surface area contributed by atoms with Gasteiger partial charge >= 0.3 is 5.97 Å². The van der Waals surface area contributed by atoms with E-state index in [1.54, 1.807) is 0 Å². The van der Waals surface area contributed by atoms with Gasteiger partial charge in [-0.3, -0.25) is 4.90 Å². The van der Waals surface area contributed by atoms with E-state index < -0.39 is 5.54 Å². The molecule has 0 aromatic heterocycles. The topological polar surface area (TPSA) is 50.8 Å². The van der Waals surface area contributed by atoms with Crippen LogP contribution in [0.25, 0.3) is 0 Å². The van der Waals surface area contributed by atoms with Crippen molar-refractivity contribution >= 4 is 5.97 Å². The first-order valence-corrected chi connectivity index (χ1v) is 8.31. The highest BCUT2D eigenvalue weighted by atomic mass is 16.5. The van der Waals surface area contributed by atoms with E-state index in [1.807, 2.05) is 6.92 Å². The fourth-order valence-electron chi connectivity index (χ4n) is 3.55. The van der Waals surface area contributed by atoms with E-state index in [2.05, 4.69) is 31.0 Å². The summed E-state index contributed by atoms with van der Waals surface area (Å²) >= 11 is 0. The van der Waals surface area contributed by atoms with Crippen molar-refractivity contribution in [3.05, 3.63) is 0 Å². The summed E-state index contributed by atoms with van der Waals surface area (Å²) in [5.41, 5.74) is -0.540. The van der Waals surface area contributed by atoms with Crippen LogP contribution in [-0.4, -0.2) is 61.4 Å². The zero-order chi connectivity index (χ0) is 15.5. The molecule has 0 amide bonds. The standard InChI is InChI=1S/C16H30N2O3/c1-5-17-16(14-7-8-14,15(19)20-6-2)11-18-9-12(3)21-13(4)10-18/h12-14,17H,5-11H2,1-4H3/t12-,13+,16?. The molecule has 1 saturated heterocycles. The lowest BCUT2D eigenvalue weighted by atomic mass is 9.91. The number of hydrogen-bond acceptors (Lipinski definition) is 5. The number of carbonyl (C=O) groups is 1. The number of ether oxygens (including phenoxy) is 2. The second kappa shape index (κ2) is 7.07. The highest BCUT2D eigenvalue weighted by Crippen LogP contribution is 2.41. The predicted octanol–water partition coefficient (Wildman–Crippen LogP) is 1.42. The Balaban J connectivity index is 2.12. The van der Waals surface area contributed by atoms with Crippen LogP contribution in [0.2, 0.25) is 0 Å². The van der Waals surface area contributed by atoms with Crippen LogP contribution < -0.4 is 5.32 Å². The lowest BCUT2D eigenvalue weighted by Crippen LogP contribution is -2.63. The van der Waals surface area contributed by atoms with E-state index in [9.17, 15) is 4.79 Å². The number of likely N-dealkylation sites (N-methyl/N-ethyl adjacent to an activating group) is 1. The van der Waals surface area contributed by atoms with Crippen LogP contribution in [0.15, 0.2) is 0 Å². The highest BCUT2D eigenvalue weighted by molar-refractivity contribution is 5.82. The van der Waals surface area contributed by atoms with Gasteiger partial charge in [0.15, 0.2) is 0 Å². The van der Waals surface area contributed by atoms with Crippen LogP contribution >= 0.6 is 0 Å². The number of nitrogens with zero attached hydrogens (tertiary/aromatic N) is 1. The Labute approximate surface area is 128 Å². The van der Waals surface area contributed by atoms with Gasteiger partial charge in [-0.05, 0) is 46.1 Å². The van der Waals surface area contributed by atoms with Gasteiger partial charge in [0.05, 0.1) is 18.8 Å². The number of carbonyl (C=O) groups excluding carboxylic acids is 1. The first-order valence-electron chi connectivity index (χ1n) is 8.31. The molecular formula is C16H30N2O3. The molecular weight excluding hydrogens is 268 g/mol. The average Bonchev–Trinajstić information content (AvgIpc) is 3.21. The Morgan fingerprint density at radius 1 is 1.29 bits per heavy atom. The van der Waals surface area contributed by atoms with Crippen molar-refractivity contribution in [2.24, 2.45) is 5.92 Å². The summed E-state index contributed by atoms with van der Waals surface area (Å²) in [7, 11) is 0. The molecule has 2 aliphatic rings. The van der Waals surface area contributed by atoms with Crippen LogP contribution in [0, 0.1) is 5.92 Å².